The zero-order chi connectivity index (χ0) is 28.1. The summed E-state index contributed by atoms with van der Waals surface area (Å²) < 4.78 is 22.2. The quantitative estimate of drug-likeness (QED) is 0.434. The molecule has 0 saturated heterocycles. The van der Waals surface area contributed by atoms with Crippen molar-refractivity contribution in [1.29, 1.82) is 0 Å². The number of esters is 1. The number of carboxylic acids is 1. The molecular formula is C27H35FN4O7. The van der Waals surface area contributed by atoms with Gasteiger partial charge in [-0.1, -0.05) is 32.1 Å². The van der Waals surface area contributed by atoms with Crippen LogP contribution in [0.4, 0.5) is 10.1 Å². The van der Waals surface area contributed by atoms with Crippen LogP contribution in [-0.4, -0.2) is 62.7 Å². The molecule has 1 amide bonds. The first-order chi connectivity index (χ1) is 18.7. The largest absolute Gasteiger partial charge is 0.480 e. The lowest BCUT2D eigenvalue weighted by Gasteiger charge is -2.25. The number of aliphatic carboxylic acids is 1. The average Bonchev–Trinajstić information content (AvgIpc) is 3.42. The molecule has 11 nitrogen and oxygen atoms in total. The molecule has 2 aliphatic carbocycles. The Hall–Kier alpha value is -3.70. The molecule has 2 fully saturated rings. The normalized spacial score (nSPS) is 16.4. The second-order valence-electron chi connectivity index (χ2n) is 10.3. The summed E-state index contributed by atoms with van der Waals surface area (Å²) in [5, 5.41) is 12.4. The van der Waals surface area contributed by atoms with E-state index in [9.17, 15) is 29.1 Å². The summed E-state index contributed by atoms with van der Waals surface area (Å²) >= 11 is 0. The molecule has 212 valence electrons. The van der Waals surface area contributed by atoms with E-state index < -0.39 is 54.5 Å². The Bertz CT molecular complexity index is 1360. The summed E-state index contributed by atoms with van der Waals surface area (Å²) in [5.41, 5.74) is -1.05. The van der Waals surface area contributed by atoms with Gasteiger partial charge in [0.25, 0.3) is 5.56 Å². The maximum absolute atomic E-state index is 15.3. The van der Waals surface area contributed by atoms with E-state index >= 15 is 4.39 Å². The number of amides is 1. The van der Waals surface area contributed by atoms with E-state index in [1.165, 1.54) is 10.6 Å². The van der Waals surface area contributed by atoms with Gasteiger partial charge in [-0.15, -0.1) is 0 Å². The Kier molecular flexibility index (Phi) is 9.03. The minimum atomic E-state index is -1.37. The van der Waals surface area contributed by atoms with Crippen molar-refractivity contribution in [2.75, 3.05) is 25.0 Å². The fraction of sp³-hybridized carbons (Fsp3) is 0.593. The number of anilines is 1. The molecule has 0 unspecified atom stereocenters. The second-order valence-corrected chi connectivity index (χ2v) is 10.3. The highest BCUT2D eigenvalue weighted by Crippen LogP contribution is 2.32. The van der Waals surface area contributed by atoms with Gasteiger partial charge in [-0.25, -0.2) is 9.18 Å². The minimum absolute atomic E-state index is 0.0350. The summed E-state index contributed by atoms with van der Waals surface area (Å²) in [7, 11) is 0. The fourth-order valence-corrected chi connectivity index (χ4v) is 5.62. The topological polar surface area (TPSA) is 140 Å². The summed E-state index contributed by atoms with van der Waals surface area (Å²) in [6.07, 6.45) is 8.22. The van der Waals surface area contributed by atoms with Crippen LogP contribution in [0, 0.1) is 5.82 Å². The average molecular weight is 547 g/mol. The molecule has 2 aromatic rings. The molecule has 1 aromatic heterocycles. The molecule has 12 heteroatoms. The van der Waals surface area contributed by atoms with Crippen molar-refractivity contribution in [3.63, 3.8) is 0 Å². The van der Waals surface area contributed by atoms with Crippen LogP contribution in [0.3, 0.4) is 0 Å². The highest BCUT2D eigenvalue weighted by molar-refractivity contribution is 5.86. The van der Waals surface area contributed by atoms with Crippen molar-refractivity contribution in [2.45, 2.75) is 83.3 Å². The number of carbonyl (C=O) groups excluding carboxylic acids is 2. The van der Waals surface area contributed by atoms with Crippen molar-refractivity contribution >= 4 is 34.4 Å². The van der Waals surface area contributed by atoms with E-state index in [1.807, 2.05) is 0 Å². The zero-order valence-electron chi connectivity index (χ0n) is 22.1. The standard InChI is InChI=1S/C27H35FN4O7/c1-2-39-25(36)16-30(15-24(34)35)23(33)14-31-26(37)19-12-20(28)21(29-17-8-4-3-5-9-17)13-22(19)32(27(31)38)18-10-6-7-11-18/h12-13,17-18,29H,2-11,14-16H2,1H3,(H,34,35). The predicted octanol–water partition coefficient (Wildman–Crippen LogP) is 2.64. The number of aromatic nitrogens is 2. The molecule has 2 N–H and O–H groups in total. The van der Waals surface area contributed by atoms with Crippen LogP contribution in [0.1, 0.15) is 70.8 Å². The Morgan fingerprint density at radius 1 is 1.05 bits per heavy atom. The summed E-state index contributed by atoms with van der Waals surface area (Å²) in [6.45, 7) is -0.662. The third-order valence-corrected chi connectivity index (χ3v) is 7.51. The van der Waals surface area contributed by atoms with Gasteiger partial charge in [0.2, 0.25) is 5.91 Å². The molecule has 39 heavy (non-hydrogen) atoms. The number of fused-ring (bicyclic) bond motifs is 1. The van der Waals surface area contributed by atoms with Crippen LogP contribution in [0.25, 0.3) is 10.9 Å². The Labute approximate surface area is 224 Å². The van der Waals surface area contributed by atoms with Crippen LogP contribution < -0.4 is 16.6 Å². The van der Waals surface area contributed by atoms with Gasteiger partial charge in [-0.3, -0.25) is 28.3 Å². The maximum atomic E-state index is 15.3. The third kappa shape index (κ3) is 6.48. The molecule has 1 heterocycles. The number of carboxylic acid groups (broad SMARTS) is 1. The van der Waals surface area contributed by atoms with Crippen molar-refractivity contribution in [3.05, 3.63) is 38.8 Å². The second kappa shape index (κ2) is 12.4. The molecule has 1 aromatic carbocycles. The molecule has 0 radical (unpaired) electrons. The minimum Gasteiger partial charge on any atom is -0.480 e. The van der Waals surface area contributed by atoms with E-state index in [0.29, 0.717) is 27.8 Å². The van der Waals surface area contributed by atoms with E-state index in [-0.39, 0.29) is 29.8 Å². The zero-order valence-corrected chi connectivity index (χ0v) is 22.1. The van der Waals surface area contributed by atoms with Gasteiger partial charge in [-0.05, 0) is 44.7 Å². The molecule has 0 aliphatic heterocycles. The lowest BCUT2D eigenvalue weighted by Crippen LogP contribution is -2.47. The fourth-order valence-electron chi connectivity index (χ4n) is 5.62. The van der Waals surface area contributed by atoms with Crippen molar-refractivity contribution in [3.8, 4) is 0 Å². The van der Waals surface area contributed by atoms with Gasteiger partial charge in [0.15, 0.2) is 0 Å². The molecule has 2 saturated carbocycles. The monoisotopic (exact) mass is 546 g/mol. The van der Waals surface area contributed by atoms with Gasteiger partial charge >= 0.3 is 17.6 Å². The Morgan fingerprint density at radius 3 is 2.36 bits per heavy atom. The van der Waals surface area contributed by atoms with Gasteiger partial charge in [-0.2, -0.15) is 0 Å². The van der Waals surface area contributed by atoms with Crippen molar-refractivity contribution in [2.24, 2.45) is 0 Å². The van der Waals surface area contributed by atoms with Crippen molar-refractivity contribution < 1.29 is 28.6 Å². The first kappa shape index (κ1) is 28.3. The summed E-state index contributed by atoms with van der Waals surface area (Å²) in [5.74, 6) is -3.74. The highest BCUT2D eigenvalue weighted by Gasteiger charge is 2.27. The number of hydrogen-bond acceptors (Lipinski definition) is 7. The number of ether oxygens (including phenoxy) is 1. The van der Waals surface area contributed by atoms with E-state index in [0.717, 1.165) is 51.0 Å². The first-order valence-electron chi connectivity index (χ1n) is 13.6. The first-order valence-corrected chi connectivity index (χ1v) is 13.6. The maximum Gasteiger partial charge on any atom is 0.332 e. The third-order valence-electron chi connectivity index (χ3n) is 7.51. The number of benzene rings is 1. The van der Waals surface area contributed by atoms with Crippen molar-refractivity contribution in [1.82, 2.24) is 14.0 Å². The van der Waals surface area contributed by atoms with Crippen LogP contribution in [-0.2, 0) is 25.7 Å². The van der Waals surface area contributed by atoms with Gasteiger partial charge in [0.1, 0.15) is 25.5 Å². The van der Waals surface area contributed by atoms with Crippen LogP contribution in [0.15, 0.2) is 21.7 Å². The molecule has 4 rings (SSSR count). The van der Waals surface area contributed by atoms with E-state index in [2.05, 4.69) is 5.32 Å². The van der Waals surface area contributed by atoms with Crippen LogP contribution in [0.5, 0.6) is 0 Å². The Morgan fingerprint density at radius 2 is 1.72 bits per heavy atom. The molecule has 0 spiro atoms. The molecule has 0 bridgehead atoms. The lowest BCUT2D eigenvalue weighted by molar-refractivity contribution is -0.152. The number of halogens is 1. The smallest absolute Gasteiger partial charge is 0.332 e. The lowest BCUT2D eigenvalue weighted by atomic mass is 9.95. The van der Waals surface area contributed by atoms with Crippen LogP contribution >= 0.6 is 0 Å². The van der Waals surface area contributed by atoms with Crippen LogP contribution in [0.2, 0.25) is 0 Å². The predicted molar refractivity (Wildman–Crippen MR) is 141 cm³/mol. The number of carbonyl (C=O) groups is 3. The highest BCUT2D eigenvalue weighted by atomic mass is 19.1. The summed E-state index contributed by atoms with van der Waals surface area (Å²) in [4.78, 5) is 64.2. The number of hydrogen-bond donors (Lipinski definition) is 2. The van der Waals surface area contributed by atoms with Gasteiger partial charge < -0.3 is 20.1 Å². The number of rotatable bonds is 10. The van der Waals surface area contributed by atoms with E-state index in [4.69, 9.17) is 4.74 Å². The van der Waals surface area contributed by atoms with E-state index in [1.54, 1.807) is 6.92 Å². The summed E-state index contributed by atoms with van der Waals surface area (Å²) in [6, 6.07) is 2.49. The number of nitrogens with zero attached hydrogens (tertiary/aromatic N) is 3. The SMILES string of the molecule is CCOC(=O)CN(CC(=O)O)C(=O)Cn1c(=O)c2cc(F)c(NC3CCCCC3)cc2n(C2CCCC2)c1=O. The van der Waals surface area contributed by atoms with Gasteiger partial charge in [0, 0.05) is 12.1 Å². The molecule has 0 atom stereocenters. The Balaban J connectivity index is 1.76. The molecular weight excluding hydrogens is 511 g/mol. The number of nitrogens with one attached hydrogen (secondary N) is 1. The molecule has 2 aliphatic rings. The van der Waals surface area contributed by atoms with Gasteiger partial charge in [0.05, 0.1) is 23.2 Å².